The molecule has 2 saturated carbocycles. The van der Waals surface area contributed by atoms with Gasteiger partial charge in [0.25, 0.3) is 5.91 Å². The third-order valence-electron chi connectivity index (χ3n) is 6.35. The number of rotatable bonds is 4. The minimum atomic E-state index is -0.781. The summed E-state index contributed by atoms with van der Waals surface area (Å²) in [4.78, 5) is 31.2. The monoisotopic (exact) mass is 366 g/mol. The number of hydrogen-bond acceptors (Lipinski definition) is 4. The molecular formula is C20H22N4O3. The summed E-state index contributed by atoms with van der Waals surface area (Å²) in [6, 6.07) is 9.72. The van der Waals surface area contributed by atoms with Crippen LogP contribution in [-0.4, -0.2) is 49.7 Å². The maximum atomic E-state index is 13.1. The molecule has 7 heteroatoms. The molecule has 1 N–H and O–H groups in total. The Morgan fingerprint density at radius 1 is 1.15 bits per heavy atom. The highest BCUT2D eigenvalue weighted by Gasteiger charge is 2.56. The van der Waals surface area contributed by atoms with Crippen molar-refractivity contribution in [2.24, 2.45) is 11.3 Å². The first kappa shape index (κ1) is 16.5. The van der Waals surface area contributed by atoms with Gasteiger partial charge in [-0.2, -0.15) is 0 Å². The Kier molecular flexibility index (Phi) is 3.60. The van der Waals surface area contributed by atoms with Crippen LogP contribution >= 0.6 is 0 Å². The Labute approximate surface area is 157 Å². The zero-order valence-corrected chi connectivity index (χ0v) is 15.0. The summed E-state index contributed by atoms with van der Waals surface area (Å²) in [7, 11) is 0. The molecule has 0 spiro atoms. The number of amides is 1. The van der Waals surface area contributed by atoms with E-state index >= 15 is 0 Å². The number of carbonyl (C=O) groups excluding carboxylic acids is 1. The van der Waals surface area contributed by atoms with Crippen LogP contribution in [0.4, 0.5) is 0 Å². The molecule has 3 fully saturated rings. The summed E-state index contributed by atoms with van der Waals surface area (Å²) in [5.74, 6) is 0.377. The smallest absolute Gasteiger partial charge is 0.311 e. The maximum Gasteiger partial charge on any atom is 0.311 e. The molecule has 0 bridgehead atoms. The summed E-state index contributed by atoms with van der Waals surface area (Å²) >= 11 is 0. The second kappa shape index (κ2) is 5.90. The van der Waals surface area contributed by atoms with Crippen LogP contribution in [0.1, 0.15) is 54.5 Å². The highest BCUT2D eigenvalue weighted by molar-refractivity contribution is 5.92. The summed E-state index contributed by atoms with van der Waals surface area (Å²) in [6.45, 7) is 0.758. The number of likely N-dealkylation sites (tertiary alicyclic amines) is 1. The van der Waals surface area contributed by atoms with E-state index in [9.17, 15) is 14.7 Å². The zero-order chi connectivity index (χ0) is 18.6. The van der Waals surface area contributed by atoms with Crippen LogP contribution in [0.2, 0.25) is 0 Å². The van der Waals surface area contributed by atoms with Gasteiger partial charge in [0.15, 0.2) is 0 Å². The Hall–Kier alpha value is -2.70. The van der Waals surface area contributed by atoms with Crippen LogP contribution < -0.4 is 0 Å². The van der Waals surface area contributed by atoms with Gasteiger partial charge in [0.05, 0.1) is 11.1 Å². The molecule has 27 heavy (non-hydrogen) atoms. The maximum absolute atomic E-state index is 13.1. The number of fused-ring (bicyclic) bond motifs is 1. The molecular weight excluding hydrogens is 344 g/mol. The van der Waals surface area contributed by atoms with Gasteiger partial charge in [-0.05, 0) is 43.7 Å². The molecule has 7 nitrogen and oxygen atoms in total. The Balaban J connectivity index is 1.45. The number of nitrogens with zero attached hydrogens (tertiary/aromatic N) is 4. The fraction of sp³-hybridized carbons (Fsp3) is 0.500. The number of para-hydroxylation sites is 1. The second-order valence-electron chi connectivity index (χ2n) is 8.05. The van der Waals surface area contributed by atoms with E-state index in [0.29, 0.717) is 18.9 Å². The van der Waals surface area contributed by atoms with E-state index in [2.05, 4.69) is 10.1 Å². The molecule has 140 valence electrons. The third kappa shape index (κ3) is 2.56. The molecule has 0 radical (unpaired) electrons. The van der Waals surface area contributed by atoms with Crippen LogP contribution in [0.15, 0.2) is 30.3 Å². The third-order valence-corrected chi connectivity index (χ3v) is 6.35. The Morgan fingerprint density at radius 3 is 2.59 bits per heavy atom. The van der Waals surface area contributed by atoms with Gasteiger partial charge in [0.1, 0.15) is 5.82 Å². The lowest BCUT2D eigenvalue weighted by Gasteiger charge is -2.22. The fourth-order valence-electron chi connectivity index (χ4n) is 4.71. The zero-order valence-electron chi connectivity index (χ0n) is 15.0. The van der Waals surface area contributed by atoms with E-state index in [1.54, 1.807) is 9.58 Å². The average molecular weight is 366 g/mol. The van der Waals surface area contributed by atoms with Gasteiger partial charge in [-0.1, -0.05) is 24.6 Å². The van der Waals surface area contributed by atoms with E-state index in [4.69, 9.17) is 0 Å². The van der Waals surface area contributed by atoms with Crippen molar-refractivity contribution >= 4 is 11.9 Å². The lowest BCUT2D eigenvalue weighted by atomic mass is 9.81. The van der Waals surface area contributed by atoms with E-state index in [1.165, 1.54) is 0 Å². The summed E-state index contributed by atoms with van der Waals surface area (Å²) in [5, 5.41) is 14.3. The molecule has 2 atom stereocenters. The topological polar surface area (TPSA) is 88.3 Å². The fourth-order valence-corrected chi connectivity index (χ4v) is 4.71. The second-order valence-corrected chi connectivity index (χ2v) is 8.05. The highest BCUT2D eigenvalue weighted by atomic mass is 16.4. The van der Waals surface area contributed by atoms with Crippen molar-refractivity contribution < 1.29 is 14.7 Å². The summed E-state index contributed by atoms with van der Waals surface area (Å²) < 4.78 is 1.77. The van der Waals surface area contributed by atoms with Crippen molar-refractivity contribution in [1.82, 2.24) is 19.7 Å². The van der Waals surface area contributed by atoms with Gasteiger partial charge in [-0.3, -0.25) is 9.59 Å². The van der Waals surface area contributed by atoms with Crippen molar-refractivity contribution in [2.45, 2.75) is 38.0 Å². The van der Waals surface area contributed by atoms with Crippen LogP contribution in [0.3, 0.4) is 0 Å². The number of aromatic nitrogens is 3. The Morgan fingerprint density at radius 2 is 1.93 bits per heavy atom. The SMILES string of the molecule is O=C(c1nc(C2CC2)n(-c2ccccc2)n1)N1C[C@@H]2CCC[C@]2(C(=O)O)C1. The van der Waals surface area contributed by atoms with Gasteiger partial charge >= 0.3 is 5.97 Å². The molecule has 2 aliphatic carbocycles. The number of hydrogen-bond donors (Lipinski definition) is 1. The molecule has 0 unspecified atom stereocenters. The van der Waals surface area contributed by atoms with Crippen molar-refractivity contribution in [3.63, 3.8) is 0 Å². The normalized spacial score (nSPS) is 27.0. The molecule has 1 saturated heterocycles. The molecule has 1 aromatic carbocycles. The quantitative estimate of drug-likeness (QED) is 0.898. The first-order chi connectivity index (χ1) is 13.1. The number of carboxylic acids is 1. The number of carboxylic acid groups (broad SMARTS) is 1. The number of aliphatic carboxylic acids is 1. The van der Waals surface area contributed by atoms with E-state index < -0.39 is 11.4 Å². The molecule has 5 rings (SSSR count). The molecule has 3 aliphatic rings. The van der Waals surface area contributed by atoms with Crippen molar-refractivity contribution in [3.05, 3.63) is 42.0 Å². The molecule has 2 aromatic rings. The predicted octanol–water partition coefficient (Wildman–Crippen LogP) is 2.47. The Bertz CT molecular complexity index is 905. The minimum absolute atomic E-state index is 0.0399. The van der Waals surface area contributed by atoms with Crippen LogP contribution in [0.5, 0.6) is 0 Å². The van der Waals surface area contributed by atoms with Crippen LogP contribution in [-0.2, 0) is 4.79 Å². The first-order valence-electron chi connectivity index (χ1n) is 9.63. The molecule has 1 aromatic heterocycles. The predicted molar refractivity (Wildman–Crippen MR) is 96.6 cm³/mol. The van der Waals surface area contributed by atoms with Crippen molar-refractivity contribution in [2.75, 3.05) is 13.1 Å². The van der Waals surface area contributed by atoms with E-state index in [1.807, 2.05) is 30.3 Å². The van der Waals surface area contributed by atoms with Crippen molar-refractivity contribution in [3.8, 4) is 5.69 Å². The first-order valence-corrected chi connectivity index (χ1v) is 9.63. The number of carbonyl (C=O) groups is 2. The molecule has 2 heterocycles. The van der Waals surface area contributed by atoms with E-state index in [-0.39, 0.29) is 24.2 Å². The van der Waals surface area contributed by atoms with Gasteiger partial charge in [-0.15, -0.1) is 5.10 Å². The molecule has 1 aliphatic heterocycles. The van der Waals surface area contributed by atoms with E-state index in [0.717, 1.165) is 37.2 Å². The van der Waals surface area contributed by atoms with Gasteiger partial charge in [0.2, 0.25) is 5.82 Å². The van der Waals surface area contributed by atoms with Crippen molar-refractivity contribution in [1.29, 1.82) is 0 Å². The lowest BCUT2D eigenvalue weighted by Crippen LogP contribution is -2.37. The minimum Gasteiger partial charge on any atom is -0.481 e. The average Bonchev–Trinajstić information content (AvgIpc) is 3.13. The van der Waals surface area contributed by atoms with Gasteiger partial charge in [0, 0.05) is 19.0 Å². The largest absolute Gasteiger partial charge is 0.481 e. The van der Waals surface area contributed by atoms with Gasteiger partial charge in [-0.25, -0.2) is 9.67 Å². The summed E-state index contributed by atoms with van der Waals surface area (Å²) in [5.41, 5.74) is 0.114. The van der Waals surface area contributed by atoms with Crippen LogP contribution in [0.25, 0.3) is 5.69 Å². The highest BCUT2D eigenvalue weighted by Crippen LogP contribution is 2.49. The lowest BCUT2D eigenvalue weighted by molar-refractivity contribution is -0.149. The number of benzene rings is 1. The standard InChI is InChI=1S/C20H22N4O3/c25-18(23-11-14-5-4-10-20(14,12-23)19(26)27)16-21-17(13-8-9-13)24(22-16)15-6-2-1-3-7-15/h1-3,6-7,13-14H,4-5,8-12H2,(H,26,27)/t14-,20-/m0/s1. The van der Waals surface area contributed by atoms with Gasteiger partial charge < -0.3 is 10.0 Å². The summed E-state index contributed by atoms with van der Waals surface area (Å²) in [6.07, 6.45) is 4.57. The molecule has 1 amide bonds. The van der Waals surface area contributed by atoms with Crippen LogP contribution in [0, 0.1) is 11.3 Å².